The van der Waals surface area contributed by atoms with Crippen LogP contribution in [0.1, 0.15) is 64.7 Å². The Bertz CT molecular complexity index is 1990. The Balaban J connectivity index is 1.41. The first-order valence-corrected chi connectivity index (χ1v) is 18.1. The van der Waals surface area contributed by atoms with Crippen LogP contribution in [0.3, 0.4) is 0 Å². The number of hydrogen-bond acceptors (Lipinski definition) is 6. The van der Waals surface area contributed by atoms with Crippen LogP contribution in [0.4, 0.5) is 17.1 Å². The molecule has 0 saturated carbocycles. The van der Waals surface area contributed by atoms with E-state index < -0.39 is 11.9 Å². The molecule has 0 spiro atoms. The molecule has 0 saturated heterocycles. The lowest BCUT2D eigenvalue weighted by molar-refractivity contribution is -0.142. The van der Waals surface area contributed by atoms with Crippen LogP contribution in [0.5, 0.6) is 0 Å². The third kappa shape index (κ3) is 10.3. The molecule has 0 bridgehead atoms. The molecule has 7 nitrogen and oxygen atoms in total. The third-order valence-electron chi connectivity index (χ3n) is 9.14. The molecule has 5 aromatic carbocycles. The van der Waals surface area contributed by atoms with Crippen LogP contribution in [0.2, 0.25) is 0 Å². The Morgan fingerprint density at radius 1 is 0.611 bits per heavy atom. The van der Waals surface area contributed by atoms with E-state index in [9.17, 15) is 14.9 Å². The second-order valence-corrected chi connectivity index (χ2v) is 15.2. The fourth-order valence-corrected chi connectivity index (χ4v) is 5.93. The van der Waals surface area contributed by atoms with Crippen LogP contribution >= 0.6 is 0 Å². The van der Waals surface area contributed by atoms with Crippen LogP contribution in [0.15, 0.2) is 127 Å². The first-order valence-electron chi connectivity index (χ1n) is 18.1. The van der Waals surface area contributed by atoms with Gasteiger partial charge >= 0.3 is 11.9 Å². The summed E-state index contributed by atoms with van der Waals surface area (Å²) in [6.07, 6.45) is 1.35. The van der Waals surface area contributed by atoms with E-state index in [1.165, 1.54) is 17.2 Å². The minimum atomic E-state index is -0.970. The average Bonchev–Trinajstić information content (AvgIpc) is 3.15. The van der Waals surface area contributed by atoms with Gasteiger partial charge in [0.2, 0.25) is 0 Å². The zero-order valence-corrected chi connectivity index (χ0v) is 31.9. The molecule has 0 atom stereocenters. The van der Waals surface area contributed by atoms with Gasteiger partial charge in [0.25, 0.3) is 0 Å². The zero-order chi connectivity index (χ0) is 38.9. The minimum absolute atomic E-state index is 0.0163. The molecule has 0 unspecified atom stereocenters. The van der Waals surface area contributed by atoms with Crippen molar-refractivity contribution in [2.45, 2.75) is 58.8 Å². The molecule has 276 valence electrons. The number of esters is 1. The van der Waals surface area contributed by atoms with Gasteiger partial charge in [-0.15, -0.1) is 0 Å². The van der Waals surface area contributed by atoms with Crippen LogP contribution in [0, 0.1) is 11.3 Å². The molecule has 54 heavy (non-hydrogen) atoms. The van der Waals surface area contributed by atoms with Gasteiger partial charge in [-0.2, -0.15) is 5.26 Å². The van der Waals surface area contributed by atoms with Crippen molar-refractivity contribution < 1.29 is 24.2 Å². The van der Waals surface area contributed by atoms with E-state index in [0.29, 0.717) is 5.56 Å². The fourth-order valence-electron chi connectivity index (χ4n) is 5.93. The number of carboxylic acid groups (broad SMARTS) is 1. The first kappa shape index (κ1) is 39.2. The smallest absolute Gasteiger partial charge is 0.348 e. The van der Waals surface area contributed by atoms with E-state index in [1.54, 1.807) is 0 Å². The molecule has 0 heterocycles. The van der Waals surface area contributed by atoms with Gasteiger partial charge in [0, 0.05) is 17.1 Å². The van der Waals surface area contributed by atoms with Crippen molar-refractivity contribution in [1.82, 2.24) is 0 Å². The largest absolute Gasteiger partial charge is 0.481 e. The predicted octanol–water partition coefficient (Wildman–Crippen LogP) is 11.0. The number of nitriles is 1. The molecular weight excluding hydrogens is 673 g/mol. The topological polar surface area (TPSA) is 99.9 Å². The maximum atomic E-state index is 12.6. The van der Waals surface area contributed by atoms with Gasteiger partial charge in [-0.3, -0.25) is 4.79 Å². The predicted molar refractivity (Wildman–Crippen MR) is 217 cm³/mol. The summed E-state index contributed by atoms with van der Waals surface area (Å²) >= 11 is 0. The molecule has 0 fully saturated rings. The minimum Gasteiger partial charge on any atom is -0.481 e. The maximum Gasteiger partial charge on any atom is 0.348 e. The highest BCUT2D eigenvalue weighted by Crippen LogP contribution is 2.37. The van der Waals surface area contributed by atoms with E-state index in [4.69, 9.17) is 14.6 Å². The van der Waals surface area contributed by atoms with Crippen molar-refractivity contribution in [3.05, 3.63) is 144 Å². The monoisotopic (exact) mass is 720 g/mol. The molecule has 7 heteroatoms. The van der Waals surface area contributed by atoms with Gasteiger partial charge in [0.15, 0.2) is 0 Å². The standard InChI is InChI=1S/C47H48N2O5/c1-46(2,3)39-17-9-34(10-18-39)36-13-23-42(24-14-36)49(43-25-15-37(16-26-43)35-11-19-40(20-12-35)47(4,5)6)41-21-7-33(8-22-41)31-38(32-48)45(52)54-30-29-53-28-27-44(50)51/h7-26,31H,27-30H2,1-6H3,(H,50,51)/b38-31+. The highest BCUT2D eigenvalue weighted by molar-refractivity contribution is 5.98. The van der Waals surface area contributed by atoms with Gasteiger partial charge in [-0.1, -0.05) is 126 Å². The van der Waals surface area contributed by atoms with Crippen molar-refractivity contribution >= 4 is 35.1 Å². The summed E-state index contributed by atoms with van der Waals surface area (Å²) in [5.74, 6) is -1.74. The van der Waals surface area contributed by atoms with Crippen molar-refractivity contribution in [3.63, 3.8) is 0 Å². The Morgan fingerprint density at radius 2 is 1.00 bits per heavy atom. The second kappa shape index (κ2) is 17.2. The first-order chi connectivity index (χ1) is 25.7. The summed E-state index contributed by atoms with van der Waals surface area (Å²) in [4.78, 5) is 25.4. The number of ether oxygens (including phenoxy) is 2. The van der Waals surface area contributed by atoms with Crippen LogP contribution in [0.25, 0.3) is 28.3 Å². The number of benzene rings is 5. The molecule has 0 aliphatic heterocycles. The van der Waals surface area contributed by atoms with E-state index in [0.717, 1.165) is 39.3 Å². The highest BCUT2D eigenvalue weighted by Gasteiger charge is 2.17. The van der Waals surface area contributed by atoms with Gasteiger partial charge < -0.3 is 19.5 Å². The van der Waals surface area contributed by atoms with Crippen molar-refractivity contribution in [3.8, 4) is 28.3 Å². The lowest BCUT2D eigenvalue weighted by Crippen LogP contribution is -2.13. The molecule has 0 radical (unpaired) electrons. The van der Waals surface area contributed by atoms with Gasteiger partial charge in [0.1, 0.15) is 18.2 Å². The summed E-state index contributed by atoms with van der Waals surface area (Å²) in [5, 5.41) is 18.4. The number of carboxylic acids is 1. The Kier molecular flexibility index (Phi) is 12.5. The number of anilines is 3. The van der Waals surface area contributed by atoms with Gasteiger partial charge in [-0.05, 0) is 92.2 Å². The molecular formula is C47H48N2O5. The normalized spacial score (nSPS) is 11.8. The quantitative estimate of drug-likeness (QED) is 0.0559. The van der Waals surface area contributed by atoms with Gasteiger partial charge in [-0.25, -0.2) is 4.79 Å². The lowest BCUT2D eigenvalue weighted by Gasteiger charge is -2.26. The number of carbonyl (C=O) groups excluding carboxylic acids is 1. The molecule has 0 aromatic heterocycles. The van der Waals surface area contributed by atoms with Crippen molar-refractivity contribution in [1.29, 1.82) is 5.26 Å². The summed E-state index contributed by atoms with van der Waals surface area (Å²) in [6.45, 7) is 13.3. The van der Waals surface area contributed by atoms with Crippen molar-refractivity contribution in [2.75, 3.05) is 24.7 Å². The Labute approximate surface area is 319 Å². The molecule has 5 aromatic rings. The Hall–Kier alpha value is -5.97. The van der Waals surface area contributed by atoms with Crippen LogP contribution < -0.4 is 4.90 Å². The molecule has 0 aliphatic rings. The molecule has 1 N–H and O–H groups in total. The van der Waals surface area contributed by atoms with E-state index in [1.807, 2.05) is 30.3 Å². The lowest BCUT2D eigenvalue weighted by atomic mass is 9.86. The second-order valence-electron chi connectivity index (χ2n) is 15.2. The summed E-state index contributed by atoms with van der Waals surface area (Å²) in [6, 6.07) is 44.1. The molecule has 0 aliphatic carbocycles. The Morgan fingerprint density at radius 3 is 1.37 bits per heavy atom. The number of rotatable bonds is 13. The highest BCUT2D eigenvalue weighted by atomic mass is 16.6. The zero-order valence-electron chi connectivity index (χ0n) is 31.9. The summed E-state index contributed by atoms with van der Waals surface area (Å²) < 4.78 is 10.3. The maximum absolute atomic E-state index is 12.6. The van der Waals surface area contributed by atoms with Crippen LogP contribution in [-0.4, -0.2) is 36.9 Å². The van der Waals surface area contributed by atoms with Gasteiger partial charge in [0.05, 0.1) is 19.6 Å². The molecule has 0 amide bonds. The van der Waals surface area contributed by atoms with Crippen LogP contribution in [-0.2, 0) is 29.9 Å². The molecule has 5 rings (SSSR count). The fraction of sp³-hybridized carbons (Fsp3) is 0.255. The van der Waals surface area contributed by atoms with E-state index in [-0.39, 0.29) is 42.6 Å². The number of aliphatic carboxylic acids is 1. The van der Waals surface area contributed by atoms with E-state index in [2.05, 4.69) is 144 Å². The van der Waals surface area contributed by atoms with Crippen molar-refractivity contribution in [2.24, 2.45) is 0 Å². The average molecular weight is 721 g/mol. The summed E-state index contributed by atoms with van der Waals surface area (Å²) in [5.41, 5.74) is 10.6. The SMILES string of the molecule is CC(C)(C)c1ccc(-c2ccc(N(c3ccc(/C=C(\C#N)C(=O)OCCOCCC(=O)O)cc3)c3ccc(-c4ccc(C(C)(C)C)cc4)cc3)cc2)cc1. The number of carbonyl (C=O) groups is 2. The number of nitrogens with zero attached hydrogens (tertiary/aromatic N) is 2. The summed E-state index contributed by atoms with van der Waals surface area (Å²) in [7, 11) is 0. The van der Waals surface area contributed by atoms with E-state index >= 15 is 0 Å². The number of hydrogen-bond donors (Lipinski definition) is 1. The third-order valence-corrected chi connectivity index (χ3v) is 9.14.